The van der Waals surface area contributed by atoms with E-state index in [-0.39, 0.29) is 12.1 Å². The first-order chi connectivity index (χ1) is 6.77. The Kier molecular flexibility index (Phi) is 3.70. The van der Waals surface area contributed by atoms with E-state index in [2.05, 4.69) is 11.0 Å². The number of aromatic nitrogens is 2. The van der Waals surface area contributed by atoms with E-state index in [0.29, 0.717) is 18.9 Å². The summed E-state index contributed by atoms with van der Waals surface area (Å²) in [4.78, 5) is 11.3. The maximum atomic E-state index is 11.3. The summed E-state index contributed by atoms with van der Waals surface area (Å²) in [6, 6.07) is 1.33. The minimum absolute atomic E-state index is 0.163. The molecule has 14 heavy (non-hydrogen) atoms. The third-order valence-electron chi connectivity index (χ3n) is 1.47. The standard InChI is InChI=1S/C9H11N3O2/c1-2-4-12-9(13)6-8(7-11-12)14-5-3-10/h1,6-7H,3-5,10H2. The molecule has 1 aromatic heterocycles. The highest BCUT2D eigenvalue weighted by atomic mass is 16.5. The highest BCUT2D eigenvalue weighted by Crippen LogP contribution is 2.02. The van der Waals surface area contributed by atoms with Crippen molar-refractivity contribution in [2.24, 2.45) is 5.73 Å². The minimum Gasteiger partial charge on any atom is -0.490 e. The van der Waals surface area contributed by atoms with Crippen LogP contribution < -0.4 is 16.0 Å². The van der Waals surface area contributed by atoms with Crippen LogP contribution in [0, 0.1) is 12.3 Å². The second-order valence-electron chi connectivity index (χ2n) is 2.53. The summed E-state index contributed by atoms with van der Waals surface area (Å²) in [5, 5.41) is 3.82. The normalized spacial score (nSPS) is 9.43. The third kappa shape index (κ3) is 2.61. The highest BCUT2D eigenvalue weighted by molar-refractivity contribution is 5.13. The molecule has 0 amide bonds. The van der Waals surface area contributed by atoms with Crippen LogP contribution in [0.4, 0.5) is 0 Å². The van der Waals surface area contributed by atoms with Gasteiger partial charge in [0.05, 0.1) is 6.20 Å². The summed E-state index contributed by atoms with van der Waals surface area (Å²) >= 11 is 0. The van der Waals surface area contributed by atoms with Gasteiger partial charge in [0.15, 0.2) is 0 Å². The molecule has 0 aliphatic rings. The van der Waals surface area contributed by atoms with Gasteiger partial charge < -0.3 is 10.5 Å². The van der Waals surface area contributed by atoms with Crippen molar-refractivity contribution in [1.82, 2.24) is 9.78 Å². The molecule has 5 nitrogen and oxygen atoms in total. The average Bonchev–Trinajstić information content (AvgIpc) is 2.19. The molecule has 0 aliphatic heterocycles. The molecule has 5 heteroatoms. The van der Waals surface area contributed by atoms with Crippen LogP contribution in [0.15, 0.2) is 17.1 Å². The van der Waals surface area contributed by atoms with E-state index in [1.54, 1.807) is 0 Å². The summed E-state index contributed by atoms with van der Waals surface area (Å²) in [6.45, 7) is 0.920. The number of ether oxygens (including phenoxy) is 1. The van der Waals surface area contributed by atoms with E-state index in [1.165, 1.54) is 16.9 Å². The fourth-order valence-electron chi connectivity index (χ4n) is 0.878. The second kappa shape index (κ2) is 5.04. The van der Waals surface area contributed by atoms with Gasteiger partial charge in [-0.2, -0.15) is 5.10 Å². The predicted molar refractivity (Wildman–Crippen MR) is 51.9 cm³/mol. The van der Waals surface area contributed by atoms with Crippen LogP contribution in [0.5, 0.6) is 5.75 Å². The molecule has 0 spiro atoms. The number of rotatable bonds is 4. The van der Waals surface area contributed by atoms with Crippen LogP contribution in [-0.4, -0.2) is 22.9 Å². The molecule has 0 fully saturated rings. The van der Waals surface area contributed by atoms with E-state index in [9.17, 15) is 4.79 Å². The molecule has 74 valence electrons. The molecule has 0 unspecified atom stereocenters. The van der Waals surface area contributed by atoms with E-state index < -0.39 is 0 Å². The van der Waals surface area contributed by atoms with Gasteiger partial charge in [-0.05, 0) is 0 Å². The topological polar surface area (TPSA) is 70.1 Å². The first-order valence-electron chi connectivity index (χ1n) is 4.11. The van der Waals surface area contributed by atoms with E-state index >= 15 is 0 Å². The maximum absolute atomic E-state index is 11.3. The van der Waals surface area contributed by atoms with Crippen molar-refractivity contribution in [3.8, 4) is 18.1 Å². The summed E-state index contributed by atoms with van der Waals surface area (Å²) in [6.07, 6.45) is 6.49. The average molecular weight is 193 g/mol. The first kappa shape index (κ1) is 10.3. The van der Waals surface area contributed by atoms with Crippen LogP contribution in [0.2, 0.25) is 0 Å². The SMILES string of the molecule is C#CCn1ncc(OCCN)cc1=O. The quantitative estimate of drug-likeness (QED) is 0.636. The fourth-order valence-corrected chi connectivity index (χ4v) is 0.878. The number of hydrogen-bond donors (Lipinski definition) is 1. The second-order valence-corrected chi connectivity index (χ2v) is 2.53. The first-order valence-corrected chi connectivity index (χ1v) is 4.11. The van der Waals surface area contributed by atoms with Crippen molar-refractivity contribution in [1.29, 1.82) is 0 Å². The molecule has 0 saturated carbocycles. The zero-order valence-corrected chi connectivity index (χ0v) is 7.64. The van der Waals surface area contributed by atoms with Crippen molar-refractivity contribution in [3.05, 3.63) is 22.6 Å². The van der Waals surface area contributed by atoms with Crippen LogP contribution in [0.25, 0.3) is 0 Å². The number of nitrogens with zero attached hydrogens (tertiary/aromatic N) is 2. The smallest absolute Gasteiger partial charge is 0.271 e. The van der Waals surface area contributed by atoms with E-state index in [4.69, 9.17) is 16.9 Å². The van der Waals surface area contributed by atoms with Crippen molar-refractivity contribution >= 4 is 0 Å². The summed E-state index contributed by atoms with van der Waals surface area (Å²) in [5.74, 6) is 2.74. The molecular formula is C9H11N3O2. The van der Waals surface area contributed by atoms with Gasteiger partial charge in [0.2, 0.25) is 0 Å². The Morgan fingerprint density at radius 3 is 3.07 bits per heavy atom. The Balaban J connectivity index is 2.80. The minimum atomic E-state index is -0.280. The number of nitrogens with two attached hydrogens (primary N) is 1. The summed E-state index contributed by atoms with van der Waals surface area (Å²) in [7, 11) is 0. The van der Waals surface area contributed by atoms with E-state index in [0.717, 1.165) is 0 Å². The highest BCUT2D eigenvalue weighted by Gasteiger charge is 1.98. The van der Waals surface area contributed by atoms with Gasteiger partial charge in [0.25, 0.3) is 5.56 Å². The van der Waals surface area contributed by atoms with Crippen LogP contribution in [-0.2, 0) is 6.54 Å². The Labute approximate surface area is 81.5 Å². The third-order valence-corrected chi connectivity index (χ3v) is 1.47. The zero-order chi connectivity index (χ0) is 10.4. The molecule has 0 atom stereocenters. The molecule has 1 heterocycles. The van der Waals surface area contributed by atoms with Crippen molar-refractivity contribution < 1.29 is 4.74 Å². The Hall–Kier alpha value is -1.80. The lowest BCUT2D eigenvalue weighted by molar-refractivity contribution is 0.324. The molecule has 0 saturated heterocycles. The van der Waals surface area contributed by atoms with Crippen LogP contribution in [0.1, 0.15) is 0 Å². The van der Waals surface area contributed by atoms with Crippen molar-refractivity contribution in [2.75, 3.05) is 13.2 Å². The van der Waals surface area contributed by atoms with Crippen molar-refractivity contribution in [2.45, 2.75) is 6.54 Å². The van der Waals surface area contributed by atoms with Gasteiger partial charge in [-0.15, -0.1) is 6.42 Å². The zero-order valence-electron chi connectivity index (χ0n) is 7.64. The lowest BCUT2D eigenvalue weighted by Crippen LogP contribution is -2.22. The monoisotopic (exact) mass is 193 g/mol. The Bertz CT molecular complexity index is 392. The lowest BCUT2D eigenvalue weighted by atomic mass is 10.5. The van der Waals surface area contributed by atoms with Gasteiger partial charge in [-0.1, -0.05) is 5.92 Å². The van der Waals surface area contributed by atoms with Gasteiger partial charge in [0.1, 0.15) is 18.9 Å². The van der Waals surface area contributed by atoms with E-state index in [1.807, 2.05) is 0 Å². The lowest BCUT2D eigenvalue weighted by Gasteiger charge is -2.04. The van der Waals surface area contributed by atoms with Crippen molar-refractivity contribution in [3.63, 3.8) is 0 Å². The molecule has 1 aromatic rings. The fraction of sp³-hybridized carbons (Fsp3) is 0.333. The van der Waals surface area contributed by atoms with Gasteiger partial charge in [-0.25, -0.2) is 4.68 Å². The molecule has 0 aromatic carbocycles. The maximum Gasteiger partial charge on any atom is 0.271 e. The molecule has 1 rings (SSSR count). The molecular weight excluding hydrogens is 182 g/mol. The number of terminal acetylenes is 1. The predicted octanol–water partition coefficient (Wildman–Crippen LogP) is -0.786. The summed E-state index contributed by atoms with van der Waals surface area (Å²) in [5.41, 5.74) is 4.96. The molecule has 0 bridgehead atoms. The molecule has 0 radical (unpaired) electrons. The Morgan fingerprint density at radius 1 is 1.71 bits per heavy atom. The largest absolute Gasteiger partial charge is 0.490 e. The van der Waals surface area contributed by atoms with Gasteiger partial charge in [-0.3, -0.25) is 4.79 Å². The van der Waals surface area contributed by atoms with Gasteiger partial charge >= 0.3 is 0 Å². The Morgan fingerprint density at radius 2 is 2.50 bits per heavy atom. The van der Waals surface area contributed by atoms with Crippen LogP contribution in [0.3, 0.4) is 0 Å². The molecule has 2 N–H and O–H groups in total. The van der Waals surface area contributed by atoms with Crippen LogP contribution >= 0.6 is 0 Å². The molecule has 0 aliphatic carbocycles. The van der Waals surface area contributed by atoms with Gasteiger partial charge in [0, 0.05) is 12.6 Å². The summed E-state index contributed by atoms with van der Waals surface area (Å²) < 4.78 is 6.29. The number of hydrogen-bond acceptors (Lipinski definition) is 4.